The zero-order valence-electron chi connectivity index (χ0n) is 15.5. The number of H-pyrrole nitrogens is 1. The molecule has 1 aromatic heterocycles. The lowest BCUT2D eigenvalue weighted by molar-refractivity contribution is 0.0642. The fourth-order valence-electron chi connectivity index (χ4n) is 3.55. The lowest BCUT2D eigenvalue weighted by Crippen LogP contribution is -2.41. The van der Waals surface area contributed by atoms with Crippen LogP contribution in [0.4, 0.5) is 0 Å². The molecular weight excluding hydrogens is 330 g/mol. The van der Waals surface area contributed by atoms with Crippen molar-refractivity contribution in [3.63, 3.8) is 0 Å². The van der Waals surface area contributed by atoms with E-state index < -0.39 is 0 Å². The van der Waals surface area contributed by atoms with E-state index >= 15 is 0 Å². The van der Waals surface area contributed by atoms with E-state index in [1.807, 2.05) is 36.1 Å². The van der Waals surface area contributed by atoms with Gasteiger partial charge in [-0.05, 0) is 38.0 Å². The molecule has 0 atom stereocenters. The average molecular weight is 357 g/mol. The summed E-state index contributed by atoms with van der Waals surface area (Å²) in [6.45, 7) is 3.05. The molecule has 1 N–H and O–H groups in total. The number of rotatable bonds is 7. The SMILES string of the molecule is CCN(C(=O)c1cc(COc2ccccc2OC)[nH]n1)C1CCCCC1. The molecule has 0 aliphatic heterocycles. The number of aromatic nitrogens is 2. The number of nitrogens with one attached hydrogen (secondary N) is 1. The Morgan fingerprint density at radius 1 is 1.23 bits per heavy atom. The Morgan fingerprint density at radius 3 is 2.65 bits per heavy atom. The maximum atomic E-state index is 12.8. The van der Waals surface area contributed by atoms with E-state index in [1.54, 1.807) is 13.2 Å². The van der Waals surface area contributed by atoms with Crippen LogP contribution in [0, 0.1) is 0 Å². The molecule has 0 radical (unpaired) electrons. The van der Waals surface area contributed by atoms with Crippen LogP contribution in [0.25, 0.3) is 0 Å². The van der Waals surface area contributed by atoms with Crippen molar-refractivity contribution in [3.05, 3.63) is 41.7 Å². The molecule has 1 amide bonds. The Labute approximate surface area is 154 Å². The number of nitrogens with zero attached hydrogens (tertiary/aromatic N) is 2. The molecule has 2 aromatic rings. The Bertz CT molecular complexity index is 723. The van der Waals surface area contributed by atoms with Crippen LogP contribution >= 0.6 is 0 Å². The van der Waals surface area contributed by atoms with Gasteiger partial charge in [0.05, 0.1) is 12.8 Å². The molecule has 0 unspecified atom stereocenters. The van der Waals surface area contributed by atoms with E-state index in [9.17, 15) is 4.79 Å². The summed E-state index contributed by atoms with van der Waals surface area (Å²) >= 11 is 0. The summed E-state index contributed by atoms with van der Waals surface area (Å²) in [5, 5.41) is 7.12. The van der Waals surface area contributed by atoms with E-state index in [1.165, 1.54) is 19.3 Å². The van der Waals surface area contributed by atoms with Crippen molar-refractivity contribution in [2.45, 2.75) is 51.7 Å². The first-order valence-electron chi connectivity index (χ1n) is 9.34. The second kappa shape index (κ2) is 8.74. The smallest absolute Gasteiger partial charge is 0.274 e. The second-order valence-electron chi connectivity index (χ2n) is 6.60. The quantitative estimate of drug-likeness (QED) is 0.818. The van der Waals surface area contributed by atoms with E-state index in [0.717, 1.165) is 18.5 Å². The number of amides is 1. The molecular formula is C20H27N3O3. The third kappa shape index (κ3) is 4.18. The number of aromatic amines is 1. The molecule has 1 aliphatic carbocycles. The molecule has 26 heavy (non-hydrogen) atoms. The van der Waals surface area contributed by atoms with Crippen LogP contribution < -0.4 is 9.47 Å². The molecule has 6 nitrogen and oxygen atoms in total. The fourth-order valence-corrected chi connectivity index (χ4v) is 3.55. The minimum atomic E-state index is -0.000748. The van der Waals surface area contributed by atoms with Gasteiger partial charge in [-0.25, -0.2) is 0 Å². The number of para-hydroxylation sites is 2. The van der Waals surface area contributed by atoms with Crippen molar-refractivity contribution < 1.29 is 14.3 Å². The van der Waals surface area contributed by atoms with Gasteiger partial charge >= 0.3 is 0 Å². The highest BCUT2D eigenvalue weighted by molar-refractivity contribution is 5.92. The van der Waals surface area contributed by atoms with Gasteiger partial charge in [0.15, 0.2) is 17.2 Å². The zero-order valence-corrected chi connectivity index (χ0v) is 15.5. The minimum Gasteiger partial charge on any atom is -0.493 e. The molecule has 1 aromatic carbocycles. The van der Waals surface area contributed by atoms with Crippen LogP contribution in [0.5, 0.6) is 11.5 Å². The lowest BCUT2D eigenvalue weighted by Gasteiger charge is -2.33. The van der Waals surface area contributed by atoms with Gasteiger partial charge in [-0.1, -0.05) is 31.4 Å². The maximum absolute atomic E-state index is 12.8. The highest BCUT2D eigenvalue weighted by Crippen LogP contribution is 2.27. The number of hydrogen-bond acceptors (Lipinski definition) is 4. The molecule has 1 saturated carbocycles. The Kier molecular flexibility index (Phi) is 6.15. The third-order valence-corrected chi connectivity index (χ3v) is 4.92. The van der Waals surface area contributed by atoms with Gasteiger partial charge in [0.2, 0.25) is 0 Å². The molecule has 140 valence electrons. The summed E-state index contributed by atoms with van der Waals surface area (Å²) in [4.78, 5) is 14.8. The normalized spacial score (nSPS) is 14.8. The van der Waals surface area contributed by atoms with E-state index in [-0.39, 0.29) is 5.91 Å². The molecule has 6 heteroatoms. The molecule has 3 rings (SSSR count). The van der Waals surface area contributed by atoms with Gasteiger partial charge in [-0.2, -0.15) is 5.10 Å². The van der Waals surface area contributed by atoms with Gasteiger partial charge in [0.25, 0.3) is 5.91 Å². The summed E-state index contributed by atoms with van der Waals surface area (Å²) in [5.41, 5.74) is 1.22. The zero-order chi connectivity index (χ0) is 18.4. The number of hydrogen-bond donors (Lipinski definition) is 1. The Morgan fingerprint density at radius 2 is 1.96 bits per heavy atom. The number of benzene rings is 1. The first-order valence-corrected chi connectivity index (χ1v) is 9.34. The molecule has 1 heterocycles. The molecule has 1 fully saturated rings. The van der Waals surface area contributed by atoms with Gasteiger partial charge in [0.1, 0.15) is 6.61 Å². The van der Waals surface area contributed by atoms with Crippen molar-refractivity contribution in [1.82, 2.24) is 15.1 Å². The van der Waals surface area contributed by atoms with Crippen LogP contribution in [0.3, 0.4) is 0 Å². The fraction of sp³-hybridized carbons (Fsp3) is 0.500. The average Bonchev–Trinajstić information content (AvgIpc) is 3.17. The van der Waals surface area contributed by atoms with Crippen LogP contribution in [0.15, 0.2) is 30.3 Å². The number of methoxy groups -OCH3 is 1. The van der Waals surface area contributed by atoms with Crippen LogP contribution in [-0.2, 0) is 6.61 Å². The Balaban J connectivity index is 1.63. The highest BCUT2D eigenvalue weighted by Gasteiger charge is 2.26. The Hall–Kier alpha value is -2.50. The van der Waals surface area contributed by atoms with Crippen LogP contribution in [-0.4, -0.2) is 40.7 Å². The topological polar surface area (TPSA) is 67.5 Å². The van der Waals surface area contributed by atoms with Crippen molar-refractivity contribution in [1.29, 1.82) is 0 Å². The lowest BCUT2D eigenvalue weighted by atomic mass is 9.94. The highest BCUT2D eigenvalue weighted by atomic mass is 16.5. The monoisotopic (exact) mass is 357 g/mol. The van der Waals surface area contributed by atoms with Gasteiger partial charge < -0.3 is 14.4 Å². The van der Waals surface area contributed by atoms with Gasteiger partial charge in [-0.15, -0.1) is 0 Å². The summed E-state index contributed by atoms with van der Waals surface area (Å²) in [6.07, 6.45) is 5.86. The van der Waals surface area contributed by atoms with Crippen molar-refractivity contribution in [2.75, 3.05) is 13.7 Å². The first-order chi connectivity index (χ1) is 12.7. The predicted molar refractivity (Wildman–Crippen MR) is 99.5 cm³/mol. The summed E-state index contributed by atoms with van der Waals surface area (Å²) < 4.78 is 11.1. The van der Waals surface area contributed by atoms with E-state index in [0.29, 0.717) is 36.4 Å². The summed E-state index contributed by atoms with van der Waals surface area (Å²) in [6, 6.07) is 9.60. The standard InChI is InChI=1S/C20H27N3O3/c1-3-23(16-9-5-4-6-10-16)20(24)17-13-15(21-22-17)14-26-19-12-8-7-11-18(19)25-2/h7-8,11-13,16H,3-6,9-10,14H2,1-2H3,(H,21,22). The third-order valence-electron chi connectivity index (χ3n) is 4.92. The largest absolute Gasteiger partial charge is 0.493 e. The van der Waals surface area contributed by atoms with E-state index in [4.69, 9.17) is 9.47 Å². The second-order valence-corrected chi connectivity index (χ2v) is 6.60. The van der Waals surface area contributed by atoms with Crippen LogP contribution in [0.1, 0.15) is 55.2 Å². The molecule has 1 aliphatic rings. The molecule has 0 bridgehead atoms. The number of ether oxygens (including phenoxy) is 2. The van der Waals surface area contributed by atoms with E-state index in [2.05, 4.69) is 10.2 Å². The van der Waals surface area contributed by atoms with Crippen molar-refractivity contribution in [2.24, 2.45) is 0 Å². The summed E-state index contributed by atoms with van der Waals surface area (Å²) in [5.74, 6) is 1.34. The maximum Gasteiger partial charge on any atom is 0.274 e. The van der Waals surface area contributed by atoms with Crippen LogP contribution in [0.2, 0.25) is 0 Å². The minimum absolute atomic E-state index is 0.000748. The number of carbonyl (C=O) groups excluding carboxylic acids is 1. The van der Waals surface area contributed by atoms with Crippen molar-refractivity contribution in [3.8, 4) is 11.5 Å². The molecule has 0 saturated heterocycles. The molecule has 0 spiro atoms. The van der Waals surface area contributed by atoms with Crippen molar-refractivity contribution >= 4 is 5.91 Å². The summed E-state index contributed by atoms with van der Waals surface area (Å²) in [7, 11) is 1.61. The number of carbonyl (C=O) groups is 1. The predicted octanol–water partition coefficient (Wildman–Crippen LogP) is 3.79. The van der Waals surface area contributed by atoms with Gasteiger partial charge in [-0.3, -0.25) is 9.89 Å². The van der Waals surface area contributed by atoms with Gasteiger partial charge in [0, 0.05) is 12.6 Å². The first kappa shape index (κ1) is 18.3.